The molecule has 0 aliphatic carbocycles. The summed E-state index contributed by atoms with van der Waals surface area (Å²) < 4.78 is 0. The second-order valence-corrected chi connectivity index (χ2v) is 6.22. The van der Waals surface area contributed by atoms with Gasteiger partial charge in [0.1, 0.15) is 0 Å². The molecule has 0 saturated heterocycles. The van der Waals surface area contributed by atoms with Gasteiger partial charge >= 0.3 is 0 Å². The number of nitrogens with zero attached hydrogens (tertiary/aromatic N) is 3. The Hall–Kier alpha value is -4.20. The first kappa shape index (κ1) is 19.6. The van der Waals surface area contributed by atoms with E-state index in [4.69, 9.17) is 0 Å². The van der Waals surface area contributed by atoms with E-state index >= 15 is 0 Å². The van der Waals surface area contributed by atoms with Gasteiger partial charge in [-0.05, 0) is 59.4 Å². The zero-order valence-corrected chi connectivity index (χ0v) is 15.3. The molecule has 0 N–H and O–H groups in total. The lowest BCUT2D eigenvalue weighted by Crippen LogP contribution is -1.94. The third kappa shape index (κ3) is 5.16. The summed E-state index contributed by atoms with van der Waals surface area (Å²) in [4.78, 5) is 43.1. The average molecular weight is 381 g/mol. The molecule has 3 rings (SSSR count). The van der Waals surface area contributed by atoms with Crippen molar-refractivity contribution >= 4 is 35.3 Å². The number of isocyanates is 3. The minimum atomic E-state index is 0.491. The molecule has 0 amide bonds. The Labute approximate surface area is 167 Å². The molecule has 140 valence electrons. The molecule has 0 unspecified atom stereocenters. The molecule has 3 aromatic rings. The molecule has 0 atom stereocenters. The summed E-state index contributed by atoms with van der Waals surface area (Å²) in [7, 11) is 0. The summed E-state index contributed by atoms with van der Waals surface area (Å²) in [5.74, 6) is 0. The van der Waals surface area contributed by atoms with Gasteiger partial charge in [0.15, 0.2) is 0 Å². The summed E-state index contributed by atoms with van der Waals surface area (Å²) in [5.41, 5.74) is 5.19. The highest BCUT2D eigenvalue weighted by Crippen LogP contribution is 2.28. The number of aliphatic imine (C=N–C) groups is 3. The first-order chi connectivity index (χ1) is 14.2. The van der Waals surface area contributed by atoms with Gasteiger partial charge in [-0.2, -0.15) is 15.0 Å². The van der Waals surface area contributed by atoms with Crippen LogP contribution in [0, 0.1) is 0 Å². The first-order valence-corrected chi connectivity index (χ1v) is 8.75. The molecule has 0 aliphatic rings. The van der Waals surface area contributed by atoms with Gasteiger partial charge < -0.3 is 0 Å². The van der Waals surface area contributed by atoms with Crippen molar-refractivity contribution < 1.29 is 14.4 Å². The molecule has 0 spiro atoms. The summed E-state index contributed by atoms with van der Waals surface area (Å²) in [6.45, 7) is 0. The fourth-order valence-corrected chi connectivity index (χ4v) is 3.10. The highest BCUT2D eigenvalue weighted by molar-refractivity contribution is 5.59. The van der Waals surface area contributed by atoms with E-state index in [0.29, 0.717) is 29.9 Å². The van der Waals surface area contributed by atoms with Crippen molar-refractivity contribution in [1.29, 1.82) is 0 Å². The average Bonchev–Trinajstić information content (AvgIpc) is 2.72. The van der Waals surface area contributed by atoms with Gasteiger partial charge in [0.25, 0.3) is 0 Å². The van der Waals surface area contributed by atoms with E-state index < -0.39 is 0 Å². The quantitative estimate of drug-likeness (QED) is 0.436. The number of rotatable bonds is 7. The molecule has 0 aromatic heterocycles. The smallest absolute Gasteiger partial charge is 0.211 e. The number of benzene rings is 3. The molecular formula is C23H15N3O3. The van der Waals surface area contributed by atoms with Crippen LogP contribution in [0.1, 0.15) is 22.3 Å². The molecule has 0 aliphatic heterocycles. The molecule has 0 bridgehead atoms. The van der Waals surface area contributed by atoms with E-state index in [1.54, 1.807) is 42.5 Å². The van der Waals surface area contributed by atoms with E-state index in [1.807, 2.05) is 36.4 Å². The Morgan fingerprint density at radius 3 is 2.00 bits per heavy atom. The molecule has 6 heteroatoms. The van der Waals surface area contributed by atoms with Crippen LogP contribution in [0.5, 0.6) is 0 Å². The standard InChI is InChI=1S/C23H15N3O3/c27-14-24-21-6-3-4-17(13-21)11-20-12-18(8-9-23(20)26-16-29)10-19-5-1-2-7-22(19)25-15-28/h1-9,12-13H,10-11H2. The van der Waals surface area contributed by atoms with Gasteiger partial charge in [-0.3, -0.25) is 0 Å². The minimum absolute atomic E-state index is 0.491. The van der Waals surface area contributed by atoms with E-state index in [9.17, 15) is 14.4 Å². The number of carbonyl (C=O) groups excluding carboxylic acids is 3. The van der Waals surface area contributed by atoms with Crippen LogP contribution >= 0.6 is 0 Å². The van der Waals surface area contributed by atoms with Gasteiger partial charge in [0, 0.05) is 0 Å². The first-order valence-electron chi connectivity index (χ1n) is 8.75. The van der Waals surface area contributed by atoms with E-state index in [0.717, 1.165) is 22.3 Å². The Balaban J connectivity index is 1.96. The monoisotopic (exact) mass is 381 g/mol. The number of hydrogen-bond acceptors (Lipinski definition) is 6. The van der Waals surface area contributed by atoms with Gasteiger partial charge in [-0.15, -0.1) is 0 Å². The van der Waals surface area contributed by atoms with Crippen LogP contribution in [0.2, 0.25) is 0 Å². The van der Waals surface area contributed by atoms with Crippen LogP contribution in [-0.2, 0) is 27.2 Å². The van der Waals surface area contributed by atoms with E-state index in [-0.39, 0.29) is 0 Å². The molecule has 29 heavy (non-hydrogen) atoms. The molecule has 0 radical (unpaired) electrons. The molecular weight excluding hydrogens is 366 g/mol. The van der Waals surface area contributed by atoms with Gasteiger partial charge in [-0.1, -0.05) is 42.5 Å². The summed E-state index contributed by atoms with van der Waals surface area (Å²) in [5, 5.41) is 0. The maximum absolute atomic E-state index is 10.8. The van der Waals surface area contributed by atoms with Crippen LogP contribution < -0.4 is 0 Å². The lowest BCUT2D eigenvalue weighted by Gasteiger charge is -2.10. The predicted octanol–water partition coefficient (Wildman–Crippen LogP) is 4.77. The third-order valence-corrected chi connectivity index (χ3v) is 4.34. The van der Waals surface area contributed by atoms with Crippen molar-refractivity contribution in [1.82, 2.24) is 0 Å². The normalized spacial score (nSPS) is 9.66. The molecule has 0 heterocycles. The van der Waals surface area contributed by atoms with Crippen molar-refractivity contribution in [2.45, 2.75) is 12.8 Å². The maximum Gasteiger partial charge on any atom is 0.240 e. The highest BCUT2D eigenvalue weighted by Gasteiger charge is 2.08. The van der Waals surface area contributed by atoms with Gasteiger partial charge in [0.05, 0.1) is 17.1 Å². The van der Waals surface area contributed by atoms with Gasteiger partial charge in [-0.25, -0.2) is 14.4 Å². The van der Waals surface area contributed by atoms with Crippen LogP contribution in [0.25, 0.3) is 0 Å². The zero-order valence-electron chi connectivity index (χ0n) is 15.3. The van der Waals surface area contributed by atoms with Crippen molar-refractivity contribution in [3.63, 3.8) is 0 Å². The fraction of sp³-hybridized carbons (Fsp3) is 0.0870. The van der Waals surface area contributed by atoms with Crippen molar-refractivity contribution in [2.75, 3.05) is 0 Å². The topological polar surface area (TPSA) is 88.3 Å². The molecule has 6 nitrogen and oxygen atoms in total. The van der Waals surface area contributed by atoms with E-state index in [1.165, 1.54) is 6.08 Å². The summed E-state index contributed by atoms with van der Waals surface area (Å²) >= 11 is 0. The van der Waals surface area contributed by atoms with Crippen molar-refractivity contribution in [2.24, 2.45) is 15.0 Å². The lowest BCUT2D eigenvalue weighted by atomic mass is 9.97. The Bertz CT molecular complexity index is 1180. The van der Waals surface area contributed by atoms with Crippen LogP contribution in [-0.4, -0.2) is 18.2 Å². The predicted molar refractivity (Wildman–Crippen MR) is 108 cm³/mol. The summed E-state index contributed by atoms with van der Waals surface area (Å²) in [6.07, 6.45) is 5.73. The third-order valence-electron chi connectivity index (χ3n) is 4.34. The maximum atomic E-state index is 10.8. The van der Waals surface area contributed by atoms with Crippen LogP contribution in [0.4, 0.5) is 17.1 Å². The molecule has 0 saturated carbocycles. The number of para-hydroxylation sites is 1. The van der Waals surface area contributed by atoms with Crippen molar-refractivity contribution in [3.05, 3.63) is 89.0 Å². The molecule has 0 fully saturated rings. The lowest BCUT2D eigenvalue weighted by molar-refractivity contribution is 0.564. The van der Waals surface area contributed by atoms with Crippen LogP contribution in [0.3, 0.4) is 0 Å². The van der Waals surface area contributed by atoms with Gasteiger partial charge in [0.2, 0.25) is 18.2 Å². The number of hydrogen-bond donors (Lipinski definition) is 0. The highest BCUT2D eigenvalue weighted by atomic mass is 16.1. The largest absolute Gasteiger partial charge is 0.240 e. The zero-order chi connectivity index (χ0) is 20.5. The Morgan fingerprint density at radius 1 is 0.586 bits per heavy atom. The fourth-order valence-electron chi connectivity index (χ4n) is 3.10. The molecule has 3 aromatic carbocycles. The Kier molecular flexibility index (Phi) is 6.51. The second kappa shape index (κ2) is 9.65. The summed E-state index contributed by atoms with van der Waals surface area (Å²) in [6, 6.07) is 20.1. The van der Waals surface area contributed by atoms with E-state index in [2.05, 4.69) is 15.0 Å². The van der Waals surface area contributed by atoms with Crippen molar-refractivity contribution in [3.8, 4) is 0 Å². The SMILES string of the molecule is O=C=Nc1cccc(Cc2cc(Cc3ccccc3N=C=O)ccc2N=C=O)c1. The van der Waals surface area contributed by atoms with Crippen LogP contribution in [0.15, 0.2) is 81.7 Å². The second-order valence-electron chi connectivity index (χ2n) is 6.22. The Morgan fingerprint density at radius 2 is 1.24 bits per heavy atom. The minimum Gasteiger partial charge on any atom is -0.211 e.